The first kappa shape index (κ1) is 15.6. The number of benzene rings is 2. The highest BCUT2D eigenvalue weighted by Gasteiger charge is 2.64. The quantitative estimate of drug-likeness (QED) is 0.785. The van der Waals surface area contributed by atoms with Crippen molar-refractivity contribution in [1.82, 2.24) is 0 Å². The van der Waals surface area contributed by atoms with Crippen molar-refractivity contribution >= 4 is 16.7 Å². The van der Waals surface area contributed by atoms with Gasteiger partial charge in [-0.25, -0.2) is 4.79 Å². The fourth-order valence-electron chi connectivity index (χ4n) is 2.54. The second-order valence-electron chi connectivity index (χ2n) is 5.72. The van der Waals surface area contributed by atoms with E-state index in [1.165, 1.54) is 13.2 Å². The van der Waals surface area contributed by atoms with E-state index in [1.54, 1.807) is 24.3 Å². The largest absolute Gasteiger partial charge is 0.491 e. The van der Waals surface area contributed by atoms with Crippen molar-refractivity contribution in [3.8, 4) is 5.75 Å². The molecule has 1 fully saturated rings. The zero-order valence-corrected chi connectivity index (χ0v) is 12.4. The Labute approximate surface area is 131 Å². The van der Waals surface area contributed by atoms with E-state index < -0.39 is 24.2 Å². The summed E-state index contributed by atoms with van der Waals surface area (Å²) in [7, 11) is 1.22. The molecule has 122 valence electrons. The van der Waals surface area contributed by atoms with Crippen molar-refractivity contribution in [3.05, 3.63) is 42.0 Å². The normalized spacial score (nSPS) is 16.2. The molecule has 0 aromatic heterocycles. The Balaban J connectivity index is 1.99. The Morgan fingerprint density at radius 3 is 2.48 bits per heavy atom. The number of methoxy groups -OCH3 is 1. The van der Waals surface area contributed by atoms with E-state index in [-0.39, 0.29) is 24.2 Å². The lowest BCUT2D eigenvalue weighted by Crippen LogP contribution is -2.30. The van der Waals surface area contributed by atoms with Crippen LogP contribution in [0.3, 0.4) is 0 Å². The Morgan fingerprint density at radius 1 is 1.17 bits per heavy atom. The average Bonchev–Trinajstić information content (AvgIpc) is 3.32. The van der Waals surface area contributed by atoms with Gasteiger partial charge in [0.2, 0.25) is 0 Å². The standard InChI is InChI=1S/C17H15F3O3/c1-22-15(21)13-7-6-11-4-2-3-5-12(11)14(13)23-10-16(8-9-16)17(18,19)20/h2-7H,8-10H2,1H3. The van der Waals surface area contributed by atoms with E-state index >= 15 is 0 Å². The van der Waals surface area contributed by atoms with Gasteiger partial charge >= 0.3 is 12.1 Å². The van der Waals surface area contributed by atoms with Gasteiger partial charge in [-0.05, 0) is 24.3 Å². The highest BCUT2D eigenvalue weighted by molar-refractivity contribution is 6.01. The van der Waals surface area contributed by atoms with E-state index in [9.17, 15) is 18.0 Å². The molecule has 23 heavy (non-hydrogen) atoms. The molecule has 0 aliphatic heterocycles. The van der Waals surface area contributed by atoms with Gasteiger partial charge < -0.3 is 9.47 Å². The second kappa shape index (κ2) is 5.44. The van der Waals surface area contributed by atoms with E-state index in [2.05, 4.69) is 0 Å². The maximum Gasteiger partial charge on any atom is 0.397 e. The highest BCUT2D eigenvalue weighted by atomic mass is 19.4. The number of ether oxygens (including phenoxy) is 2. The van der Waals surface area contributed by atoms with E-state index in [0.29, 0.717) is 5.39 Å². The molecule has 0 spiro atoms. The van der Waals surface area contributed by atoms with Crippen molar-refractivity contribution in [1.29, 1.82) is 0 Å². The third kappa shape index (κ3) is 2.73. The fourth-order valence-corrected chi connectivity index (χ4v) is 2.54. The molecule has 0 radical (unpaired) electrons. The molecule has 1 aliphatic carbocycles. The highest BCUT2D eigenvalue weighted by Crippen LogP contribution is 2.57. The van der Waals surface area contributed by atoms with Gasteiger partial charge in [-0.1, -0.05) is 30.3 Å². The van der Waals surface area contributed by atoms with Gasteiger partial charge in [0, 0.05) is 5.39 Å². The molecule has 0 saturated heterocycles. The lowest BCUT2D eigenvalue weighted by molar-refractivity contribution is -0.194. The van der Waals surface area contributed by atoms with Crippen molar-refractivity contribution < 1.29 is 27.4 Å². The summed E-state index contributed by atoms with van der Waals surface area (Å²) in [6.45, 7) is -0.492. The summed E-state index contributed by atoms with van der Waals surface area (Å²) >= 11 is 0. The van der Waals surface area contributed by atoms with Crippen molar-refractivity contribution in [2.45, 2.75) is 19.0 Å². The Morgan fingerprint density at radius 2 is 1.87 bits per heavy atom. The molecule has 1 saturated carbocycles. The number of hydrogen-bond acceptors (Lipinski definition) is 3. The number of carbonyl (C=O) groups excluding carboxylic acids is 1. The monoisotopic (exact) mass is 324 g/mol. The molecule has 0 atom stereocenters. The van der Waals surface area contributed by atoms with Gasteiger partial charge in [0.05, 0.1) is 7.11 Å². The lowest BCUT2D eigenvalue weighted by atomic mass is 10.0. The predicted molar refractivity (Wildman–Crippen MR) is 78.5 cm³/mol. The molecule has 0 heterocycles. The molecule has 3 rings (SSSR count). The number of carbonyl (C=O) groups is 1. The van der Waals surface area contributed by atoms with Crippen LogP contribution in [0.4, 0.5) is 13.2 Å². The van der Waals surface area contributed by atoms with Crippen molar-refractivity contribution in [2.75, 3.05) is 13.7 Å². The summed E-state index contributed by atoms with van der Waals surface area (Å²) < 4.78 is 49.4. The summed E-state index contributed by atoms with van der Waals surface area (Å²) in [6.07, 6.45) is -4.20. The molecular formula is C17H15F3O3. The van der Waals surface area contributed by atoms with E-state index in [1.807, 2.05) is 6.07 Å². The van der Waals surface area contributed by atoms with Crippen LogP contribution in [0.15, 0.2) is 36.4 Å². The number of rotatable bonds is 4. The number of halogens is 3. The summed E-state index contributed by atoms with van der Waals surface area (Å²) in [5.41, 5.74) is -1.67. The zero-order valence-electron chi connectivity index (χ0n) is 12.4. The molecule has 0 N–H and O–H groups in total. The van der Waals surface area contributed by atoms with Gasteiger partial charge in [-0.3, -0.25) is 0 Å². The average molecular weight is 324 g/mol. The smallest absolute Gasteiger partial charge is 0.397 e. The van der Waals surface area contributed by atoms with Crippen LogP contribution in [0.2, 0.25) is 0 Å². The summed E-state index contributed by atoms with van der Waals surface area (Å²) in [4.78, 5) is 11.9. The van der Waals surface area contributed by atoms with E-state index in [4.69, 9.17) is 9.47 Å². The van der Waals surface area contributed by atoms with Gasteiger partial charge in [0.1, 0.15) is 23.3 Å². The number of fused-ring (bicyclic) bond motifs is 1. The minimum atomic E-state index is -4.30. The lowest BCUT2D eigenvalue weighted by Gasteiger charge is -2.21. The van der Waals surface area contributed by atoms with Gasteiger partial charge in [0.25, 0.3) is 0 Å². The molecule has 6 heteroatoms. The molecule has 2 aromatic rings. The number of esters is 1. The van der Waals surface area contributed by atoms with Crippen LogP contribution < -0.4 is 4.74 Å². The third-order valence-corrected chi connectivity index (χ3v) is 4.23. The third-order valence-electron chi connectivity index (χ3n) is 4.23. The first-order valence-corrected chi connectivity index (χ1v) is 7.17. The number of alkyl halides is 3. The fraction of sp³-hybridized carbons (Fsp3) is 0.353. The zero-order chi connectivity index (χ0) is 16.7. The van der Waals surface area contributed by atoms with Crippen LogP contribution in [0.25, 0.3) is 10.8 Å². The summed E-state index contributed by atoms with van der Waals surface area (Å²) in [5.74, 6) is -0.493. The summed E-state index contributed by atoms with van der Waals surface area (Å²) in [5, 5.41) is 1.38. The first-order valence-electron chi connectivity index (χ1n) is 7.17. The van der Waals surface area contributed by atoms with Crippen LogP contribution >= 0.6 is 0 Å². The minimum absolute atomic E-state index is 0.0504. The molecule has 0 unspecified atom stereocenters. The van der Waals surface area contributed by atoms with E-state index in [0.717, 1.165) is 5.39 Å². The molecule has 0 bridgehead atoms. The molecular weight excluding hydrogens is 309 g/mol. The second-order valence-corrected chi connectivity index (χ2v) is 5.72. The maximum absolute atomic E-state index is 13.1. The van der Waals surface area contributed by atoms with Gasteiger partial charge in [-0.2, -0.15) is 13.2 Å². The topological polar surface area (TPSA) is 35.5 Å². The molecule has 0 amide bonds. The first-order chi connectivity index (χ1) is 10.9. The minimum Gasteiger partial charge on any atom is -0.491 e. The van der Waals surface area contributed by atoms with Crippen molar-refractivity contribution in [2.24, 2.45) is 5.41 Å². The van der Waals surface area contributed by atoms with Crippen LogP contribution in [0.1, 0.15) is 23.2 Å². The molecule has 1 aliphatic rings. The Kier molecular flexibility index (Phi) is 3.70. The summed E-state index contributed by atoms with van der Waals surface area (Å²) in [6, 6.07) is 10.3. The molecule has 3 nitrogen and oxygen atoms in total. The predicted octanol–water partition coefficient (Wildman–Crippen LogP) is 4.35. The van der Waals surface area contributed by atoms with Crippen LogP contribution in [-0.4, -0.2) is 25.9 Å². The Hall–Kier alpha value is -2.24. The van der Waals surface area contributed by atoms with Crippen LogP contribution in [0.5, 0.6) is 5.75 Å². The Bertz CT molecular complexity index is 748. The number of hydrogen-bond donors (Lipinski definition) is 0. The van der Waals surface area contributed by atoms with Gasteiger partial charge in [-0.15, -0.1) is 0 Å². The van der Waals surface area contributed by atoms with Crippen molar-refractivity contribution in [3.63, 3.8) is 0 Å². The SMILES string of the molecule is COC(=O)c1ccc2ccccc2c1OCC1(C(F)(F)F)CC1. The molecule has 2 aromatic carbocycles. The van der Waals surface area contributed by atoms with Crippen LogP contribution in [-0.2, 0) is 4.74 Å². The maximum atomic E-state index is 13.1. The van der Waals surface area contributed by atoms with Crippen LogP contribution in [0, 0.1) is 5.41 Å². The van der Waals surface area contributed by atoms with Gasteiger partial charge in [0.15, 0.2) is 0 Å².